The molecule has 0 saturated carbocycles. The summed E-state index contributed by atoms with van der Waals surface area (Å²) in [7, 11) is 2.14. The van der Waals surface area contributed by atoms with Crippen molar-refractivity contribution in [2.75, 3.05) is 44.3 Å². The van der Waals surface area contributed by atoms with E-state index in [2.05, 4.69) is 37.1 Å². The van der Waals surface area contributed by atoms with Gasteiger partial charge in [-0.05, 0) is 24.7 Å². The first-order valence-electron chi connectivity index (χ1n) is 7.98. The number of hydrogen-bond donors (Lipinski definition) is 2. The number of rotatable bonds is 5. The highest BCUT2D eigenvalue weighted by atomic mass is 35.5. The number of nitrogens with zero attached hydrogens (tertiary/aromatic N) is 5. The first-order valence-corrected chi connectivity index (χ1v) is 8.36. The zero-order valence-corrected chi connectivity index (χ0v) is 14.5. The maximum Gasteiger partial charge on any atom is 0.228 e. The van der Waals surface area contributed by atoms with Crippen molar-refractivity contribution < 1.29 is 0 Å². The van der Waals surface area contributed by atoms with Crippen molar-refractivity contribution in [2.45, 2.75) is 13.1 Å². The summed E-state index contributed by atoms with van der Waals surface area (Å²) in [6, 6.07) is 7.65. The van der Waals surface area contributed by atoms with Crippen LogP contribution in [0.2, 0.25) is 5.02 Å². The summed E-state index contributed by atoms with van der Waals surface area (Å²) >= 11 is 5.89. The zero-order valence-electron chi connectivity index (χ0n) is 13.7. The Balaban J connectivity index is 1.61. The maximum atomic E-state index is 5.89. The van der Waals surface area contributed by atoms with E-state index in [9.17, 15) is 0 Å². The minimum atomic E-state index is 0.243. The molecule has 7 nitrogen and oxygen atoms in total. The number of anilines is 2. The number of piperazine rings is 1. The van der Waals surface area contributed by atoms with E-state index in [1.807, 2.05) is 24.3 Å². The quantitative estimate of drug-likeness (QED) is 0.847. The van der Waals surface area contributed by atoms with Gasteiger partial charge in [0.05, 0.1) is 6.54 Å². The van der Waals surface area contributed by atoms with Crippen LogP contribution >= 0.6 is 11.6 Å². The SMILES string of the molecule is CN1CCN(Cc2nc(N)nc(NCc3ccc(Cl)cc3)n2)CC1. The van der Waals surface area contributed by atoms with Gasteiger partial charge in [0.15, 0.2) is 0 Å². The van der Waals surface area contributed by atoms with Crippen molar-refractivity contribution in [3.8, 4) is 0 Å². The lowest BCUT2D eigenvalue weighted by Crippen LogP contribution is -2.44. The second-order valence-electron chi connectivity index (χ2n) is 5.99. The van der Waals surface area contributed by atoms with Crippen molar-refractivity contribution in [3.05, 3.63) is 40.7 Å². The molecular formula is C16H22ClN7. The summed E-state index contributed by atoms with van der Waals surface area (Å²) in [4.78, 5) is 17.6. The number of nitrogen functional groups attached to an aromatic ring is 1. The molecule has 0 radical (unpaired) electrons. The van der Waals surface area contributed by atoms with Crippen LogP contribution in [0.15, 0.2) is 24.3 Å². The number of likely N-dealkylation sites (N-methyl/N-ethyl adjacent to an activating group) is 1. The molecule has 1 aliphatic heterocycles. The van der Waals surface area contributed by atoms with Gasteiger partial charge >= 0.3 is 0 Å². The van der Waals surface area contributed by atoms with Gasteiger partial charge < -0.3 is 16.0 Å². The Labute approximate surface area is 146 Å². The van der Waals surface area contributed by atoms with E-state index in [1.54, 1.807) is 0 Å². The molecule has 2 aromatic rings. The smallest absolute Gasteiger partial charge is 0.228 e. The van der Waals surface area contributed by atoms with Gasteiger partial charge in [-0.2, -0.15) is 15.0 Å². The number of nitrogens with two attached hydrogens (primary N) is 1. The molecule has 1 aromatic carbocycles. The van der Waals surface area contributed by atoms with Gasteiger partial charge in [0.25, 0.3) is 0 Å². The van der Waals surface area contributed by atoms with Crippen LogP contribution in [0.25, 0.3) is 0 Å². The average Bonchev–Trinajstić information content (AvgIpc) is 2.56. The van der Waals surface area contributed by atoms with Crippen LogP contribution in [0, 0.1) is 0 Å². The van der Waals surface area contributed by atoms with Crippen molar-refractivity contribution in [1.82, 2.24) is 24.8 Å². The molecule has 1 fully saturated rings. The zero-order chi connectivity index (χ0) is 16.9. The number of halogens is 1. The Morgan fingerprint density at radius 2 is 1.79 bits per heavy atom. The molecule has 0 bridgehead atoms. The molecular weight excluding hydrogens is 326 g/mol. The lowest BCUT2D eigenvalue weighted by molar-refractivity contribution is 0.145. The van der Waals surface area contributed by atoms with E-state index < -0.39 is 0 Å². The third-order valence-electron chi connectivity index (χ3n) is 4.02. The third-order valence-corrected chi connectivity index (χ3v) is 4.28. The van der Waals surface area contributed by atoms with E-state index in [-0.39, 0.29) is 5.95 Å². The van der Waals surface area contributed by atoms with Crippen LogP contribution in [-0.2, 0) is 13.1 Å². The van der Waals surface area contributed by atoms with E-state index in [1.165, 1.54) is 0 Å². The van der Waals surface area contributed by atoms with Gasteiger partial charge in [0.1, 0.15) is 5.82 Å². The van der Waals surface area contributed by atoms with Crippen molar-refractivity contribution in [2.24, 2.45) is 0 Å². The molecule has 0 aliphatic carbocycles. The first kappa shape index (κ1) is 16.9. The summed E-state index contributed by atoms with van der Waals surface area (Å²) in [5, 5.41) is 3.91. The average molecular weight is 348 g/mol. The number of aromatic nitrogens is 3. The van der Waals surface area contributed by atoms with E-state index in [0.29, 0.717) is 24.9 Å². The minimum Gasteiger partial charge on any atom is -0.368 e. The molecule has 1 aliphatic rings. The monoisotopic (exact) mass is 347 g/mol. The lowest BCUT2D eigenvalue weighted by atomic mass is 10.2. The highest BCUT2D eigenvalue weighted by Crippen LogP contribution is 2.12. The Kier molecular flexibility index (Phi) is 5.44. The largest absolute Gasteiger partial charge is 0.368 e. The second kappa shape index (κ2) is 7.74. The summed E-state index contributed by atoms with van der Waals surface area (Å²) in [6.45, 7) is 5.43. The maximum absolute atomic E-state index is 5.89. The van der Waals surface area contributed by atoms with Gasteiger partial charge in [0.2, 0.25) is 11.9 Å². The number of hydrogen-bond acceptors (Lipinski definition) is 7. The Morgan fingerprint density at radius 3 is 2.50 bits per heavy atom. The van der Waals surface area contributed by atoms with E-state index >= 15 is 0 Å². The number of nitrogens with one attached hydrogen (secondary N) is 1. The normalized spacial score (nSPS) is 16.2. The summed E-state index contributed by atoms with van der Waals surface area (Å²) in [5.74, 6) is 1.44. The molecule has 0 amide bonds. The second-order valence-corrected chi connectivity index (χ2v) is 6.43. The Hall–Kier alpha value is -1.96. The molecule has 8 heteroatoms. The minimum absolute atomic E-state index is 0.243. The van der Waals surface area contributed by atoms with Crippen LogP contribution in [-0.4, -0.2) is 58.0 Å². The van der Waals surface area contributed by atoms with Crippen molar-refractivity contribution in [3.63, 3.8) is 0 Å². The highest BCUT2D eigenvalue weighted by Gasteiger charge is 2.16. The standard InChI is InChI=1S/C16H22ClN7/c1-23-6-8-24(9-7-23)11-14-20-15(18)22-16(21-14)19-10-12-2-4-13(17)5-3-12/h2-5H,6-11H2,1H3,(H3,18,19,20,21,22). The Bertz CT molecular complexity index is 669. The van der Waals surface area contributed by atoms with Gasteiger partial charge in [-0.1, -0.05) is 23.7 Å². The lowest BCUT2D eigenvalue weighted by Gasteiger charge is -2.31. The molecule has 1 saturated heterocycles. The predicted molar refractivity (Wildman–Crippen MR) is 95.8 cm³/mol. The van der Waals surface area contributed by atoms with E-state index in [4.69, 9.17) is 17.3 Å². The fourth-order valence-corrected chi connectivity index (χ4v) is 2.70. The molecule has 3 rings (SSSR count). The fourth-order valence-electron chi connectivity index (χ4n) is 2.58. The van der Waals surface area contributed by atoms with Crippen molar-refractivity contribution >= 4 is 23.5 Å². The number of benzene rings is 1. The van der Waals surface area contributed by atoms with Gasteiger partial charge in [-0.25, -0.2) is 0 Å². The molecule has 0 atom stereocenters. The van der Waals surface area contributed by atoms with Crippen LogP contribution in [0.3, 0.4) is 0 Å². The van der Waals surface area contributed by atoms with Gasteiger partial charge in [-0.3, -0.25) is 4.90 Å². The molecule has 1 aromatic heterocycles. The predicted octanol–water partition coefficient (Wildman–Crippen LogP) is 1.47. The molecule has 24 heavy (non-hydrogen) atoms. The summed E-state index contributed by atoms with van der Waals surface area (Å²) < 4.78 is 0. The van der Waals surface area contributed by atoms with Crippen LogP contribution in [0.5, 0.6) is 0 Å². The molecule has 3 N–H and O–H groups in total. The molecule has 0 unspecified atom stereocenters. The highest BCUT2D eigenvalue weighted by molar-refractivity contribution is 6.30. The Morgan fingerprint density at radius 1 is 1.08 bits per heavy atom. The first-order chi connectivity index (χ1) is 11.6. The topological polar surface area (TPSA) is 83.2 Å². The van der Waals surface area contributed by atoms with Crippen LogP contribution in [0.4, 0.5) is 11.9 Å². The summed E-state index contributed by atoms with van der Waals surface area (Å²) in [6.07, 6.45) is 0. The molecule has 128 valence electrons. The molecule has 2 heterocycles. The fraction of sp³-hybridized carbons (Fsp3) is 0.438. The van der Waals surface area contributed by atoms with E-state index in [0.717, 1.165) is 36.8 Å². The van der Waals surface area contributed by atoms with Crippen LogP contribution < -0.4 is 11.1 Å². The van der Waals surface area contributed by atoms with Gasteiger partial charge in [0, 0.05) is 37.7 Å². The van der Waals surface area contributed by atoms with Crippen LogP contribution in [0.1, 0.15) is 11.4 Å². The summed E-state index contributed by atoms with van der Waals surface area (Å²) in [5.41, 5.74) is 6.93. The van der Waals surface area contributed by atoms with Crippen molar-refractivity contribution in [1.29, 1.82) is 0 Å². The van der Waals surface area contributed by atoms with Gasteiger partial charge in [-0.15, -0.1) is 0 Å². The third kappa shape index (κ3) is 4.77. The molecule has 0 spiro atoms.